The maximum atomic E-state index is 12.7. The van der Waals surface area contributed by atoms with Crippen molar-refractivity contribution in [3.63, 3.8) is 0 Å². The van der Waals surface area contributed by atoms with Crippen molar-refractivity contribution in [2.75, 3.05) is 19.6 Å². The number of hydrogen-bond donors (Lipinski definition) is 2. The number of benzene rings is 1. The topological polar surface area (TPSA) is 78.5 Å². The zero-order chi connectivity index (χ0) is 19.9. The van der Waals surface area contributed by atoms with Gasteiger partial charge in [0, 0.05) is 19.6 Å². The first kappa shape index (κ1) is 20.4. The Morgan fingerprint density at radius 2 is 1.86 bits per heavy atom. The van der Waals surface area contributed by atoms with E-state index in [2.05, 4.69) is 10.6 Å². The van der Waals surface area contributed by atoms with Gasteiger partial charge < -0.3 is 15.5 Å². The van der Waals surface area contributed by atoms with Crippen LogP contribution in [-0.2, 0) is 4.79 Å². The number of halogens is 1. The fourth-order valence-corrected chi connectivity index (χ4v) is 4.11. The molecule has 2 N–H and O–H groups in total. The van der Waals surface area contributed by atoms with E-state index >= 15 is 0 Å². The molecule has 1 fully saturated rings. The summed E-state index contributed by atoms with van der Waals surface area (Å²) in [4.78, 5) is 39.7. The Labute approximate surface area is 172 Å². The van der Waals surface area contributed by atoms with Crippen molar-refractivity contribution in [1.82, 2.24) is 15.5 Å². The number of rotatable bonds is 6. The van der Waals surface area contributed by atoms with Crippen molar-refractivity contribution < 1.29 is 14.4 Å². The molecule has 28 heavy (non-hydrogen) atoms. The number of likely N-dealkylation sites (tertiary alicyclic amines) is 1. The van der Waals surface area contributed by atoms with Crippen molar-refractivity contribution in [2.24, 2.45) is 0 Å². The van der Waals surface area contributed by atoms with E-state index in [9.17, 15) is 14.4 Å². The molecular formula is C20H22ClN3O3S. The van der Waals surface area contributed by atoms with Crippen molar-refractivity contribution in [2.45, 2.75) is 25.3 Å². The summed E-state index contributed by atoms with van der Waals surface area (Å²) in [6.45, 7) is 1.14. The van der Waals surface area contributed by atoms with Crippen LogP contribution in [-0.4, -0.2) is 48.3 Å². The average Bonchev–Trinajstić information content (AvgIpc) is 3.25. The van der Waals surface area contributed by atoms with E-state index in [-0.39, 0.29) is 30.8 Å². The molecular weight excluding hydrogens is 398 g/mol. The maximum Gasteiger partial charge on any atom is 0.264 e. The number of amides is 3. The van der Waals surface area contributed by atoms with Gasteiger partial charge in [0.05, 0.1) is 15.5 Å². The normalized spacial score (nSPS) is 16.5. The highest BCUT2D eigenvalue weighted by Crippen LogP contribution is 2.22. The molecule has 0 spiro atoms. The van der Waals surface area contributed by atoms with Crippen LogP contribution in [0.1, 0.15) is 39.3 Å². The summed E-state index contributed by atoms with van der Waals surface area (Å²) in [5.41, 5.74) is 0.399. The molecule has 0 bridgehead atoms. The van der Waals surface area contributed by atoms with Crippen LogP contribution in [0.5, 0.6) is 0 Å². The van der Waals surface area contributed by atoms with Crippen molar-refractivity contribution in [3.8, 4) is 0 Å². The van der Waals surface area contributed by atoms with Gasteiger partial charge in [0.1, 0.15) is 6.04 Å². The number of nitrogens with zero attached hydrogens (tertiary/aromatic N) is 1. The molecule has 2 heterocycles. The summed E-state index contributed by atoms with van der Waals surface area (Å²) in [6.07, 6.45) is 2.46. The SMILES string of the molecule is O=C(NCCNC(=O)C1CCCCN1C(=O)c1cccs1)c1ccccc1Cl. The van der Waals surface area contributed by atoms with Gasteiger partial charge in [-0.05, 0) is 42.8 Å². The van der Waals surface area contributed by atoms with Gasteiger partial charge >= 0.3 is 0 Å². The number of thiophene rings is 1. The molecule has 0 aliphatic carbocycles. The molecule has 6 nitrogen and oxygen atoms in total. The Bertz CT molecular complexity index is 841. The summed E-state index contributed by atoms with van der Waals surface area (Å²) < 4.78 is 0. The van der Waals surface area contributed by atoms with Gasteiger partial charge in [-0.3, -0.25) is 14.4 Å². The van der Waals surface area contributed by atoms with Crippen LogP contribution in [0.15, 0.2) is 41.8 Å². The second kappa shape index (κ2) is 9.71. The predicted octanol–water partition coefficient (Wildman–Crippen LogP) is 2.94. The predicted molar refractivity (Wildman–Crippen MR) is 110 cm³/mol. The van der Waals surface area contributed by atoms with Gasteiger partial charge in [-0.2, -0.15) is 0 Å². The third kappa shape index (κ3) is 4.91. The Hall–Kier alpha value is -2.38. The van der Waals surface area contributed by atoms with E-state index in [4.69, 9.17) is 11.6 Å². The van der Waals surface area contributed by atoms with Gasteiger partial charge in [0.15, 0.2) is 0 Å². The monoisotopic (exact) mass is 419 g/mol. The molecule has 0 radical (unpaired) electrons. The molecule has 1 unspecified atom stereocenters. The Morgan fingerprint density at radius 3 is 2.61 bits per heavy atom. The Balaban J connectivity index is 1.50. The van der Waals surface area contributed by atoms with E-state index in [1.165, 1.54) is 11.3 Å². The lowest BCUT2D eigenvalue weighted by Gasteiger charge is -2.34. The lowest BCUT2D eigenvalue weighted by atomic mass is 10.0. The molecule has 2 aromatic rings. The molecule has 1 aliphatic heterocycles. The van der Waals surface area contributed by atoms with E-state index in [0.29, 0.717) is 28.4 Å². The number of nitrogens with one attached hydrogen (secondary N) is 2. The van der Waals surface area contributed by atoms with Crippen LogP contribution in [0.4, 0.5) is 0 Å². The average molecular weight is 420 g/mol. The van der Waals surface area contributed by atoms with Gasteiger partial charge in [-0.1, -0.05) is 29.8 Å². The van der Waals surface area contributed by atoms with E-state index in [1.807, 2.05) is 11.4 Å². The number of hydrogen-bond acceptors (Lipinski definition) is 4. The maximum absolute atomic E-state index is 12.7. The van der Waals surface area contributed by atoms with Crippen molar-refractivity contribution >= 4 is 40.7 Å². The third-order valence-corrected chi connectivity index (χ3v) is 5.81. The largest absolute Gasteiger partial charge is 0.353 e. The van der Waals surface area contributed by atoms with Crippen molar-refractivity contribution in [1.29, 1.82) is 0 Å². The molecule has 3 amide bonds. The van der Waals surface area contributed by atoms with Crippen LogP contribution in [0.2, 0.25) is 5.02 Å². The Morgan fingerprint density at radius 1 is 1.07 bits per heavy atom. The molecule has 0 saturated carbocycles. The smallest absolute Gasteiger partial charge is 0.264 e. The summed E-state index contributed by atoms with van der Waals surface area (Å²) in [5.74, 6) is -0.564. The molecule has 1 aromatic carbocycles. The molecule has 3 rings (SSSR count). The van der Waals surface area contributed by atoms with Crippen LogP contribution >= 0.6 is 22.9 Å². The molecule has 1 aromatic heterocycles. The summed E-state index contributed by atoms with van der Waals surface area (Å²) in [6, 6.07) is 9.94. The molecule has 1 saturated heterocycles. The van der Waals surface area contributed by atoms with E-state index in [1.54, 1.807) is 35.2 Å². The van der Waals surface area contributed by atoms with Gasteiger partial charge in [0.2, 0.25) is 5.91 Å². The zero-order valence-electron chi connectivity index (χ0n) is 15.3. The standard InChI is InChI=1S/C20H22ClN3O3S/c21-15-7-2-1-6-14(15)18(25)22-10-11-23-19(26)16-8-3-4-12-24(16)20(27)17-9-5-13-28-17/h1-2,5-7,9,13,16H,3-4,8,10-12H2,(H,22,25)(H,23,26). The number of carbonyl (C=O) groups is 3. The fraction of sp³-hybridized carbons (Fsp3) is 0.350. The van der Waals surface area contributed by atoms with Crippen LogP contribution in [0, 0.1) is 0 Å². The van der Waals surface area contributed by atoms with Crippen molar-refractivity contribution in [3.05, 3.63) is 57.2 Å². The van der Waals surface area contributed by atoms with Crippen LogP contribution in [0.3, 0.4) is 0 Å². The molecule has 8 heteroatoms. The number of piperidine rings is 1. The minimum Gasteiger partial charge on any atom is -0.353 e. The second-order valence-corrected chi connectivity index (χ2v) is 7.87. The third-order valence-electron chi connectivity index (χ3n) is 4.63. The number of carbonyl (C=O) groups excluding carboxylic acids is 3. The fourth-order valence-electron chi connectivity index (χ4n) is 3.21. The minimum absolute atomic E-state index is 0.0955. The minimum atomic E-state index is -0.470. The van der Waals surface area contributed by atoms with Gasteiger partial charge in [-0.15, -0.1) is 11.3 Å². The second-order valence-electron chi connectivity index (χ2n) is 6.51. The first-order valence-corrected chi connectivity index (χ1v) is 10.5. The highest BCUT2D eigenvalue weighted by atomic mass is 35.5. The summed E-state index contributed by atoms with van der Waals surface area (Å²) >= 11 is 7.39. The molecule has 1 atom stereocenters. The summed E-state index contributed by atoms with van der Waals surface area (Å²) in [5, 5.41) is 7.80. The zero-order valence-corrected chi connectivity index (χ0v) is 16.9. The van der Waals surface area contributed by atoms with Gasteiger partial charge in [-0.25, -0.2) is 0 Å². The van der Waals surface area contributed by atoms with E-state index < -0.39 is 6.04 Å². The highest BCUT2D eigenvalue weighted by Gasteiger charge is 2.32. The van der Waals surface area contributed by atoms with Crippen LogP contribution < -0.4 is 10.6 Å². The Kier molecular flexibility index (Phi) is 7.06. The summed E-state index contributed by atoms with van der Waals surface area (Å²) in [7, 11) is 0. The first-order chi connectivity index (χ1) is 13.6. The lowest BCUT2D eigenvalue weighted by Crippen LogP contribution is -2.52. The first-order valence-electron chi connectivity index (χ1n) is 9.23. The molecule has 148 valence electrons. The quantitative estimate of drug-likeness (QED) is 0.706. The molecule has 1 aliphatic rings. The highest BCUT2D eigenvalue weighted by molar-refractivity contribution is 7.12. The lowest BCUT2D eigenvalue weighted by molar-refractivity contribution is -0.126. The van der Waals surface area contributed by atoms with Gasteiger partial charge in [0.25, 0.3) is 11.8 Å². The van der Waals surface area contributed by atoms with Crippen LogP contribution in [0.25, 0.3) is 0 Å². The van der Waals surface area contributed by atoms with E-state index in [0.717, 1.165) is 12.8 Å².